The number of nitrogens with one attached hydrogen (secondary N) is 1. The van der Waals surface area contributed by atoms with E-state index in [9.17, 15) is 4.79 Å². The minimum absolute atomic E-state index is 0.145. The summed E-state index contributed by atoms with van der Waals surface area (Å²) in [7, 11) is 1.60. The van der Waals surface area contributed by atoms with E-state index in [4.69, 9.17) is 14.2 Å². The summed E-state index contributed by atoms with van der Waals surface area (Å²) < 4.78 is 16.6. The lowest BCUT2D eigenvalue weighted by molar-refractivity contribution is -0.110. The Bertz CT molecular complexity index is 826. The molecule has 2 aromatic rings. The maximum atomic E-state index is 12.4. The van der Waals surface area contributed by atoms with Crippen LogP contribution in [-0.2, 0) is 4.79 Å². The van der Waals surface area contributed by atoms with Crippen molar-refractivity contribution in [2.75, 3.05) is 25.6 Å². The van der Waals surface area contributed by atoms with Crippen molar-refractivity contribution in [3.63, 3.8) is 0 Å². The molecule has 0 bridgehead atoms. The predicted molar refractivity (Wildman–Crippen MR) is 98.3 cm³/mol. The van der Waals surface area contributed by atoms with Crippen LogP contribution in [-0.4, -0.2) is 26.2 Å². The van der Waals surface area contributed by atoms with Crippen LogP contribution in [0, 0.1) is 0 Å². The minimum Gasteiger partial charge on any atom is -0.494 e. The van der Waals surface area contributed by atoms with Crippen molar-refractivity contribution in [2.24, 2.45) is 0 Å². The number of para-hydroxylation sites is 1. The van der Waals surface area contributed by atoms with Gasteiger partial charge in [0, 0.05) is 22.8 Å². The van der Waals surface area contributed by atoms with Crippen LogP contribution >= 0.6 is 0 Å². The van der Waals surface area contributed by atoms with Crippen molar-refractivity contribution in [2.45, 2.75) is 13.8 Å². The van der Waals surface area contributed by atoms with Crippen LogP contribution < -0.4 is 19.5 Å². The van der Waals surface area contributed by atoms with E-state index in [-0.39, 0.29) is 5.91 Å². The summed E-state index contributed by atoms with van der Waals surface area (Å²) in [6, 6.07) is 11.2. The average Bonchev–Trinajstić information content (AvgIpc) is 2.91. The van der Waals surface area contributed by atoms with E-state index in [0.29, 0.717) is 30.3 Å². The van der Waals surface area contributed by atoms with Crippen LogP contribution in [0.2, 0.25) is 0 Å². The second-order valence-electron chi connectivity index (χ2n) is 5.46. The molecular weight excluding hydrogens is 318 g/mol. The molecule has 0 aromatic heterocycles. The Morgan fingerprint density at radius 2 is 1.88 bits per heavy atom. The van der Waals surface area contributed by atoms with Gasteiger partial charge in [0.1, 0.15) is 5.75 Å². The van der Waals surface area contributed by atoms with Crippen molar-refractivity contribution in [1.82, 2.24) is 0 Å². The van der Waals surface area contributed by atoms with E-state index in [1.807, 2.05) is 56.3 Å². The summed E-state index contributed by atoms with van der Waals surface area (Å²) in [4.78, 5) is 12.4. The zero-order valence-electron chi connectivity index (χ0n) is 14.6. The van der Waals surface area contributed by atoms with Gasteiger partial charge in [-0.1, -0.05) is 12.1 Å². The monoisotopic (exact) mass is 339 g/mol. The lowest BCUT2D eigenvalue weighted by Gasteiger charge is -2.12. The molecule has 1 heterocycles. The van der Waals surface area contributed by atoms with E-state index in [1.165, 1.54) is 0 Å². The average molecular weight is 339 g/mol. The normalized spacial score (nSPS) is 14.2. The smallest absolute Gasteiger partial charge is 0.256 e. The lowest BCUT2D eigenvalue weighted by atomic mass is 10.0. The molecule has 2 aromatic carbocycles. The van der Waals surface area contributed by atoms with E-state index in [2.05, 4.69) is 5.32 Å². The molecule has 3 rings (SSSR count). The van der Waals surface area contributed by atoms with Gasteiger partial charge in [0.05, 0.1) is 26.0 Å². The Labute approximate surface area is 147 Å². The van der Waals surface area contributed by atoms with Crippen molar-refractivity contribution in [3.05, 3.63) is 47.5 Å². The van der Waals surface area contributed by atoms with E-state index in [1.54, 1.807) is 7.11 Å². The zero-order chi connectivity index (χ0) is 17.8. The van der Waals surface area contributed by atoms with Gasteiger partial charge in [0.2, 0.25) is 0 Å². The standard InChI is InChI=1S/C20H21NO4/c1-4-24-14-9-10-15-16(20(22)21-17(15)12-14)11-13-7-6-8-18(23-3)19(13)25-5-2/h6-12H,4-5H2,1-3H3,(H,21,22). The highest BCUT2D eigenvalue weighted by molar-refractivity contribution is 6.35. The molecule has 1 amide bonds. The van der Waals surface area contributed by atoms with Gasteiger partial charge in [-0.15, -0.1) is 0 Å². The first kappa shape index (κ1) is 16.9. The van der Waals surface area contributed by atoms with Gasteiger partial charge in [-0.05, 0) is 38.1 Å². The summed E-state index contributed by atoms with van der Waals surface area (Å²) in [6.07, 6.45) is 1.83. The van der Waals surface area contributed by atoms with Gasteiger partial charge in [0.25, 0.3) is 5.91 Å². The fraction of sp³-hybridized carbons (Fsp3) is 0.250. The third-order valence-corrected chi connectivity index (χ3v) is 3.90. The second-order valence-corrected chi connectivity index (χ2v) is 5.46. The summed E-state index contributed by atoms with van der Waals surface area (Å²) in [5.74, 6) is 1.86. The van der Waals surface area contributed by atoms with Crippen LogP contribution in [0.15, 0.2) is 36.4 Å². The topological polar surface area (TPSA) is 56.8 Å². The summed E-state index contributed by atoms with van der Waals surface area (Å²) >= 11 is 0. The fourth-order valence-electron chi connectivity index (χ4n) is 2.83. The number of methoxy groups -OCH3 is 1. The number of rotatable bonds is 6. The number of fused-ring (bicyclic) bond motifs is 1. The SMILES string of the molecule is CCOc1ccc2c(c1)NC(=O)C2=Cc1cccc(OC)c1OCC. The Hall–Kier alpha value is -2.95. The van der Waals surface area contributed by atoms with E-state index < -0.39 is 0 Å². The van der Waals surface area contributed by atoms with Crippen molar-refractivity contribution < 1.29 is 19.0 Å². The highest BCUT2D eigenvalue weighted by Crippen LogP contribution is 2.38. The number of hydrogen-bond donors (Lipinski definition) is 1. The number of carbonyl (C=O) groups excluding carboxylic acids is 1. The number of carbonyl (C=O) groups is 1. The number of hydrogen-bond acceptors (Lipinski definition) is 4. The van der Waals surface area contributed by atoms with Crippen molar-refractivity contribution >= 4 is 23.2 Å². The molecule has 0 atom stereocenters. The largest absolute Gasteiger partial charge is 0.494 e. The molecule has 0 fully saturated rings. The second kappa shape index (κ2) is 7.30. The molecule has 0 spiro atoms. The number of amides is 1. The van der Waals surface area contributed by atoms with Crippen LogP contribution in [0.3, 0.4) is 0 Å². The van der Waals surface area contributed by atoms with E-state index in [0.717, 1.165) is 22.6 Å². The molecular formula is C20H21NO4. The van der Waals surface area contributed by atoms with Crippen molar-refractivity contribution in [1.29, 1.82) is 0 Å². The van der Waals surface area contributed by atoms with E-state index >= 15 is 0 Å². The molecule has 0 unspecified atom stereocenters. The molecule has 0 radical (unpaired) electrons. The Kier molecular flexibility index (Phi) is 4.93. The molecule has 0 saturated carbocycles. The molecule has 0 saturated heterocycles. The first-order chi connectivity index (χ1) is 12.2. The Balaban J connectivity index is 2.05. The number of ether oxygens (including phenoxy) is 3. The van der Waals surface area contributed by atoms with Gasteiger partial charge in [-0.2, -0.15) is 0 Å². The van der Waals surface area contributed by atoms with Crippen LogP contribution in [0.4, 0.5) is 5.69 Å². The first-order valence-electron chi connectivity index (χ1n) is 8.28. The van der Waals surface area contributed by atoms with Gasteiger partial charge in [-0.25, -0.2) is 0 Å². The molecule has 0 aliphatic carbocycles. The molecule has 1 N–H and O–H groups in total. The van der Waals surface area contributed by atoms with Gasteiger partial charge < -0.3 is 19.5 Å². The van der Waals surface area contributed by atoms with Crippen LogP contribution in [0.5, 0.6) is 17.2 Å². The minimum atomic E-state index is -0.145. The predicted octanol–water partition coefficient (Wildman–Crippen LogP) is 3.99. The summed E-state index contributed by atoms with van der Waals surface area (Å²) in [6.45, 7) is 4.93. The zero-order valence-corrected chi connectivity index (χ0v) is 14.6. The van der Waals surface area contributed by atoms with Gasteiger partial charge >= 0.3 is 0 Å². The lowest BCUT2D eigenvalue weighted by Crippen LogP contribution is -2.04. The molecule has 25 heavy (non-hydrogen) atoms. The molecule has 5 nitrogen and oxygen atoms in total. The summed E-state index contributed by atoms with van der Waals surface area (Å²) in [5, 5.41) is 2.89. The third-order valence-electron chi connectivity index (χ3n) is 3.90. The number of benzene rings is 2. The van der Waals surface area contributed by atoms with Crippen LogP contribution in [0.1, 0.15) is 25.0 Å². The van der Waals surface area contributed by atoms with Crippen molar-refractivity contribution in [3.8, 4) is 17.2 Å². The fourth-order valence-corrected chi connectivity index (χ4v) is 2.83. The Morgan fingerprint density at radius 3 is 2.60 bits per heavy atom. The maximum Gasteiger partial charge on any atom is 0.256 e. The molecule has 5 heteroatoms. The third kappa shape index (κ3) is 3.31. The maximum absolute atomic E-state index is 12.4. The van der Waals surface area contributed by atoms with Gasteiger partial charge in [0.15, 0.2) is 11.5 Å². The van der Waals surface area contributed by atoms with Crippen LogP contribution in [0.25, 0.3) is 11.6 Å². The molecule has 1 aliphatic heterocycles. The Morgan fingerprint density at radius 1 is 1.08 bits per heavy atom. The molecule has 1 aliphatic rings. The summed E-state index contributed by atoms with van der Waals surface area (Å²) in [5.41, 5.74) is 2.99. The molecule has 130 valence electrons. The van der Waals surface area contributed by atoms with Gasteiger partial charge in [-0.3, -0.25) is 4.79 Å². The highest BCUT2D eigenvalue weighted by Gasteiger charge is 2.25. The highest BCUT2D eigenvalue weighted by atomic mass is 16.5. The first-order valence-corrected chi connectivity index (χ1v) is 8.28. The quantitative estimate of drug-likeness (QED) is 0.809. The number of anilines is 1.